The van der Waals surface area contributed by atoms with Gasteiger partial charge < -0.3 is 24.7 Å². The highest BCUT2D eigenvalue weighted by atomic mass is 32.1. The molecule has 198 valence electrons. The average Bonchev–Trinajstić information content (AvgIpc) is 3.23. The molecule has 4 rings (SSSR count). The molecule has 1 atom stereocenters. The lowest BCUT2D eigenvalue weighted by Gasteiger charge is -2.27. The molecule has 0 fully saturated rings. The summed E-state index contributed by atoms with van der Waals surface area (Å²) in [7, 11) is 4.32. The van der Waals surface area contributed by atoms with Crippen LogP contribution in [-0.4, -0.2) is 43.9 Å². The number of nitrogens with two attached hydrogens (primary N) is 1. The summed E-state index contributed by atoms with van der Waals surface area (Å²) in [6.45, 7) is 3.44. The van der Waals surface area contributed by atoms with Crippen LogP contribution in [0.3, 0.4) is 0 Å². The van der Waals surface area contributed by atoms with Gasteiger partial charge in [-0.05, 0) is 55.3 Å². The molecule has 0 saturated carbocycles. The summed E-state index contributed by atoms with van der Waals surface area (Å²) in [6, 6.07) is 14.0. The van der Waals surface area contributed by atoms with Crippen molar-refractivity contribution in [1.29, 1.82) is 0 Å². The van der Waals surface area contributed by atoms with Gasteiger partial charge in [0.1, 0.15) is 22.0 Å². The molecule has 0 spiro atoms. The first kappa shape index (κ1) is 26.7. The van der Waals surface area contributed by atoms with Crippen molar-refractivity contribution < 1.29 is 28.5 Å². The number of nitrogens with zero attached hydrogens (tertiary/aromatic N) is 1. The lowest BCUT2D eigenvalue weighted by Crippen LogP contribution is -2.42. The van der Waals surface area contributed by atoms with Crippen LogP contribution in [-0.2, 0) is 19.1 Å². The fraction of sp³-hybridized carbons (Fsp3) is 0.250. The van der Waals surface area contributed by atoms with Crippen LogP contribution in [0.4, 0.5) is 0 Å². The standard InChI is InChI=1S/C28H28N2O7S/c1-15(2)37-28(33)23-21(17-8-12-19(35-4)13-9-17)22(27(32)36-5)24(29)30-25(31)20(38-26(23)30)14-16-6-10-18(34-3)11-7-16/h6-15,21H,29H2,1-5H3/t21-/m1/s1. The average molecular weight is 537 g/mol. The minimum atomic E-state index is -0.938. The van der Waals surface area contributed by atoms with Gasteiger partial charge in [0.05, 0.1) is 49.0 Å². The Morgan fingerprint density at radius 3 is 2.03 bits per heavy atom. The first-order chi connectivity index (χ1) is 18.2. The molecule has 1 aromatic heterocycles. The second-order valence-corrected chi connectivity index (χ2v) is 9.72. The van der Waals surface area contributed by atoms with E-state index >= 15 is 0 Å². The predicted molar refractivity (Wildman–Crippen MR) is 144 cm³/mol. The second kappa shape index (κ2) is 11.0. The van der Waals surface area contributed by atoms with Crippen molar-refractivity contribution in [2.24, 2.45) is 5.73 Å². The molecule has 38 heavy (non-hydrogen) atoms. The minimum Gasteiger partial charge on any atom is -0.497 e. The fourth-order valence-electron chi connectivity index (χ4n) is 4.21. The Morgan fingerprint density at radius 2 is 1.50 bits per heavy atom. The summed E-state index contributed by atoms with van der Waals surface area (Å²) in [6.07, 6.45) is 1.25. The normalized spacial score (nSPS) is 15.4. The van der Waals surface area contributed by atoms with Gasteiger partial charge in [-0.1, -0.05) is 24.3 Å². The number of hydrogen-bond donors (Lipinski definition) is 1. The number of methoxy groups -OCH3 is 3. The van der Waals surface area contributed by atoms with Gasteiger partial charge in [-0.2, -0.15) is 0 Å². The van der Waals surface area contributed by atoms with Gasteiger partial charge in [-0.25, -0.2) is 9.59 Å². The number of fused-ring (bicyclic) bond motifs is 1. The topological polar surface area (TPSA) is 119 Å². The van der Waals surface area contributed by atoms with E-state index in [0.29, 0.717) is 21.6 Å². The molecule has 1 aliphatic rings. The molecule has 0 amide bonds. The van der Waals surface area contributed by atoms with Gasteiger partial charge >= 0.3 is 11.9 Å². The van der Waals surface area contributed by atoms with E-state index in [0.717, 1.165) is 16.9 Å². The van der Waals surface area contributed by atoms with Crippen molar-refractivity contribution in [3.63, 3.8) is 0 Å². The highest BCUT2D eigenvalue weighted by molar-refractivity contribution is 7.07. The summed E-state index contributed by atoms with van der Waals surface area (Å²) in [5, 5.41) is 0. The van der Waals surface area contributed by atoms with E-state index in [1.165, 1.54) is 18.8 Å². The molecule has 2 heterocycles. The lowest BCUT2D eigenvalue weighted by molar-refractivity contribution is -0.140. The quantitative estimate of drug-likeness (QED) is 0.455. The van der Waals surface area contributed by atoms with Crippen LogP contribution < -0.4 is 30.0 Å². The van der Waals surface area contributed by atoms with Crippen molar-refractivity contribution in [3.8, 4) is 11.5 Å². The number of carbonyl (C=O) groups is 2. The van der Waals surface area contributed by atoms with Crippen molar-refractivity contribution in [1.82, 2.24) is 4.57 Å². The third-order valence-electron chi connectivity index (χ3n) is 5.98. The fourth-order valence-corrected chi connectivity index (χ4v) is 5.38. The second-order valence-electron chi connectivity index (χ2n) is 8.69. The number of thiazole rings is 1. The number of ether oxygens (including phenoxy) is 4. The van der Waals surface area contributed by atoms with E-state index in [2.05, 4.69) is 0 Å². The smallest absolute Gasteiger partial charge is 0.338 e. The summed E-state index contributed by atoms with van der Waals surface area (Å²) >= 11 is 1.10. The summed E-state index contributed by atoms with van der Waals surface area (Å²) in [5.41, 5.74) is 7.44. The monoisotopic (exact) mass is 536 g/mol. The van der Waals surface area contributed by atoms with Crippen molar-refractivity contribution in [2.75, 3.05) is 21.3 Å². The Hall–Kier alpha value is -4.31. The molecule has 2 N–H and O–H groups in total. The third kappa shape index (κ3) is 4.95. The van der Waals surface area contributed by atoms with E-state index in [1.54, 1.807) is 75.6 Å². The maximum atomic E-state index is 13.6. The lowest BCUT2D eigenvalue weighted by atomic mass is 9.83. The Balaban J connectivity index is 2.07. The molecule has 1 aliphatic heterocycles. The molecule has 10 heteroatoms. The van der Waals surface area contributed by atoms with Gasteiger partial charge in [-0.15, -0.1) is 11.3 Å². The van der Waals surface area contributed by atoms with Crippen LogP contribution in [0, 0.1) is 0 Å². The Labute approximate surface area is 223 Å². The molecule has 3 aromatic rings. The molecule has 0 aliphatic carbocycles. The summed E-state index contributed by atoms with van der Waals surface area (Å²) < 4.78 is 22.9. The van der Waals surface area contributed by atoms with Gasteiger partial charge in [-0.3, -0.25) is 9.36 Å². The van der Waals surface area contributed by atoms with Crippen LogP contribution in [0.25, 0.3) is 17.5 Å². The van der Waals surface area contributed by atoms with Crippen molar-refractivity contribution in [3.05, 3.63) is 84.8 Å². The van der Waals surface area contributed by atoms with Crippen LogP contribution >= 0.6 is 11.3 Å². The molecule has 0 unspecified atom stereocenters. The molecule has 9 nitrogen and oxygen atoms in total. The van der Waals surface area contributed by atoms with Crippen molar-refractivity contribution >= 4 is 40.7 Å². The Kier molecular flexibility index (Phi) is 7.72. The predicted octanol–water partition coefficient (Wildman–Crippen LogP) is 1.96. The maximum Gasteiger partial charge on any atom is 0.338 e. The van der Waals surface area contributed by atoms with Crippen LogP contribution in [0.15, 0.2) is 58.9 Å². The number of hydrogen-bond acceptors (Lipinski definition) is 9. The summed E-state index contributed by atoms with van der Waals surface area (Å²) in [5.74, 6) is -1.20. The first-order valence-corrected chi connectivity index (χ1v) is 12.6. The Bertz CT molecular complexity index is 1580. The van der Waals surface area contributed by atoms with Gasteiger partial charge in [0.15, 0.2) is 0 Å². The zero-order valence-electron chi connectivity index (χ0n) is 21.6. The summed E-state index contributed by atoms with van der Waals surface area (Å²) in [4.78, 5) is 40.2. The third-order valence-corrected chi connectivity index (χ3v) is 7.09. The number of rotatable bonds is 7. The Morgan fingerprint density at radius 1 is 0.921 bits per heavy atom. The number of aromatic nitrogens is 1. The molecule has 0 bridgehead atoms. The SMILES string of the molecule is COC(=O)C1=C(N)n2c(sc(=Cc3ccc(OC)cc3)c2=O)=C(C(=O)OC(C)C)[C@@H]1c1ccc(OC)cc1. The van der Waals surface area contributed by atoms with E-state index in [1.807, 2.05) is 0 Å². The number of carbonyl (C=O) groups excluding carboxylic acids is 2. The molecular weight excluding hydrogens is 508 g/mol. The van der Waals surface area contributed by atoms with Gasteiger partial charge in [0, 0.05) is 0 Å². The van der Waals surface area contributed by atoms with Crippen LogP contribution in [0.2, 0.25) is 0 Å². The van der Waals surface area contributed by atoms with E-state index in [-0.39, 0.29) is 21.6 Å². The molecule has 2 aromatic carbocycles. The highest BCUT2D eigenvalue weighted by Gasteiger charge is 2.40. The van der Waals surface area contributed by atoms with Gasteiger partial charge in [0.25, 0.3) is 5.56 Å². The highest BCUT2D eigenvalue weighted by Crippen LogP contribution is 2.38. The maximum absolute atomic E-state index is 13.6. The molecular formula is C28H28N2O7S. The largest absolute Gasteiger partial charge is 0.497 e. The van der Waals surface area contributed by atoms with Crippen LogP contribution in [0.1, 0.15) is 30.9 Å². The van der Waals surface area contributed by atoms with Crippen molar-refractivity contribution in [2.45, 2.75) is 25.9 Å². The molecule has 0 saturated heterocycles. The molecule has 0 radical (unpaired) electrons. The first-order valence-electron chi connectivity index (χ1n) is 11.7. The van der Waals surface area contributed by atoms with Crippen LogP contribution in [0.5, 0.6) is 11.5 Å². The number of esters is 2. The zero-order chi connectivity index (χ0) is 27.6. The van der Waals surface area contributed by atoms with E-state index in [9.17, 15) is 14.4 Å². The van der Waals surface area contributed by atoms with Gasteiger partial charge in [0.2, 0.25) is 0 Å². The van der Waals surface area contributed by atoms with E-state index < -0.39 is 29.5 Å². The minimum absolute atomic E-state index is 0.0308. The van der Waals surface area contributed by atoms with E-state index in [4.69, 9.17) is 24.7 Å². The zero-order valence-corrected chi connectivity index (χ0v) is 22.5. The number of benzene rings is 2.